The van der Waals surface area contributed by atoms with E-state index in [0.29, 0.717) is 15.6 Å². The molecule has 3 atom stereocenters. The van der Waals surface area contributed by atoms with E-state index in [0.717, 1.165) is 61.8 Å². The number of benzene rings is 3. The van der Waals surface area contributed by atoms with Crippen molar-refractivity contribution in [2.24, 2.45) is 5.92 Å². The van der Waals surface area contributed by atoms with Crippen LogP contribution in [0.2, 0.25) is 0 Å². The summed E-state index contributed by atoms with van der Waals surface area (Å²) in [5, 5.41) is 5.99. The molecule has 0 radical (unpaired) electrons. The fraction of sp³-hybridized carbons (Fsp3) is 0.161. The molecule has 0 saturated carbocycles. The summed E-state index contributed by atoms with van der Waals surface area (Å²) >= 11 is 3.28. The zero-order chi connectivity index (χ0) is 30.7. The number of aromatic nitrogens is 1. The maximum absolute atomic E-state index is 13.9. The number of rotatable bonds is 5. The number of amides is 3. The molecule has 2 unspecified atom stereocenters. The number of imide groups is 1. The maximum Gasteiger partial charge on any atom is 0.416 e. The number of carbonyl (C=O) groups is 3. The minimum absolute atomic E-state index is 0.162. The summed E-state index contributed by atoms with van der Waals surface area (Å²) in [7, 11) is 0. The Morgan fingerprint density at radius 3 is 2.43 bits per heavy atom. The maximum atomic E-state index is 13.9. The second kappa shape index (κ2) is 10.8. The Morgan fingerprint density at radius 2 is 1.68 bits per heavy atom. The first-order valence-corrected chi connectivity index (χ1v) is 15.9. The third-order valence-electron chi connectivity index (χ3n) is 7.67. The van der Waals surface area contributed by atoms with Crippen LogP contribution in [0.1, 0.15) is 21.2 Å². The molecule has 7 nitrogen and oxygen atoms in total. The average Bonchev–Trinajstić information content (AvgIpc) is 3.69. The van der Waals surface area contributed by atoms with Gasteiger partial charge in [-0.3, -0.25) is 23.7 Å². The molecule has 0 bridgehead atoms. The van der Waals surface area contributed by atoms with Crippen LogP contribution in [-0.2, 0) is 27.1 Å². The molecule has 2 aliphatic rings. The fourth-order valence-electron chi connectivity index (χ4n) is 5.72. The first-order chi connectivity index (χ1) is 21.1. The second-order valence-corrected chi connectivity index (χ2v) is 13.5. The van der Waals surface area contributed by atoms with Crippen LogP contribution in [-0.4, -0.2) is 27.5 Å². The van der Waals surface area contributed by atoms with Gasteiger partial charge in [0.15, 0.2) is 0 Å². The molecule has 222 valence electrons. The third-order valence-corrected chi connectivity index (χ3v) is 11.2. The molecule has 5 aromatic rings. The van der Waals surface area contributed by atoms with E-state index in [1.165, 1.54) is 22.0 Å². The smallest absolute Gasteiger partial charge is 0.325 e. The van der Waals surface area contributed by atoms with E-state index in [2.05, 4.69) is 5.32 Å². The number of fused-ring (bicyclic) bond motifs is 3. The normalized spacial score (nSPS) is 19.7. The average molecular weight is 652 g/mol. The molecule has 7 rings (SSSR count). The molecular formula is C31H20F3N3O4S3. The number of thiazole rings is 1. The van der Waals surface area contributed by atoms with Crippen molar-refractivity contribution in [3.63, 3.8) is 0 Å². The van der Waals surface area contributed by atoms with Gasteiger partial charge in [-0.15, -0.1) is 11.3 Å². The molecule has 1 N–H and O–H groups in total. The quantitative estimate of drug-likeness (QED) is 0.217. The summed E-state index contributed by atoms with van der Waals surface area (Å²) in [6.45, 7) is -0.321. The van der Waals surface area contributed by atoms with Gasteiger partial charge in [0.1, 0.15) is 11.8 Å². The molecule has 44 heavy (non-hydrogen) atoms. The number of hydrogen-bond acceptors (Lipinski definition) is 7. The van der Waals surface area contributed by atoms with E-state index in [9.17, 15) is 32.3 Å². The van der Waals surface area contributed by atoms with Gasteiger partial charge in [0.2, 0.25) is 17.7 Å². The van der Waals surface area contributed by atoms with Crippen molar-refractivity contribution >= 4 is 74.3 Å². The van der Waals surface area contributed by atoms with Crippen LogP contribution in [0.5, 0.6) is 0 Å². The van der Waals surface area contributed by atoms with Gasteiger partial charge in [0.25, 0.3) is 0 Å². The van der Waals surface area contributed by atoms with Crippen LogP contribution in [0.3, 0.4) is 0 Å². The van der Waals surface area contributed by atoms with Gasteiger partial charge in [-0.1, -0.05) is 65.6 Å². The zero-order valence-corrected chi connectivity index (χ0v) is 24.9. The van der Waals surface area contributed by atoms with Crippen LogP contribution >= 0.6 is 34.4 Å². The number of thiophene rings is 1. The monoisotopic (exact) mass is 651 g/mol. The van der Waals surface area contributed by atoms with Crippen LogP contribution in [0.4, 0.5) is 24.5 Å². The van der Waals surface area contributed by atoms with E-state index in [-0.39, 0.29) is 12.2 Å². The van der Waals surface area contributed by atoms with Gasteiger partial charge in [-0.2, -0.15) is 13.2 Å². The number of hydrogen-bond donors (Lipinski definition) is 1. The molecule has 4 heterocycles. The lowest BCUT2D eigenvalue weighted by atomic mass is 9.87. The summed E-state index contributed by atoms with van der Waals surface area (Å²) < 4.78 is 41.7. The number of halogens is 3. The van der Waals surface area contributed by atoms with Crippen LogP contribution in [0.15, 0.2) is 94.1 Å². The second-order valence-electron chi connectivity index (χ2n) is 10.4. The standard InChI is InChI=1S/C31H20F3N3O4S3/c32-31(33,34)18-7-3-8-20(14-18)37-27(39)24-23(21-9-4-12-42-21)26-29(43-25(24)28(37)40)36(30(41)44-26)15-22(38)35-19-11-10-16-5-1-2-6-17(16)13-19/h1-14,23-25H,15H2,(H,35,38)/t23-,24?,25?/m1/s1. The molecule has 13 heteroatoms. The highest BCUT2D eigenvalue weighted by molar-refractivity contribution is 8.00. The summed E-state index contributed by atoms with van der Waals surface area (Å²) in [5.74, 6) is -3.35. The fourth-order valence-corrected chi connectivity index (χ4v) is 9.44. The number of nitrogens with one attached hydrogen (secondary N) is 1. The first-order valence-electron chi connectivity index (χ1n) is 13.4. The number of thioether (sulfide) groups is 1. The molecule has 1 fully saturated rings. The number of nitrogens with zero attached hydrogens (tertiary/aromatic N) is 2. The Morgan fingerprint density at radius 1 is 0.886 bits per heavy atom. The van der Waals surface area contributed by atoms with Crippen molar-refractivity contribution in [2.75, 3.05) is 10.2 Å². The van der Waals surface area contributed by atoms with Crippen LogP contribution in [0.25, 0.3) is 10.8 Å². The van der Waals surface area contributed by atoms with Crippen LogP contribution < -0.4 is 15.1 Å². The first kappa shape index (κ1) is 28.6. The molecule has 0 aliphatic carbocycles. The van der Waals surface area contributed by atoms with E-state index in [1.54, 1.807) is 18.2 Å². The highest BCUT2D eigenvalue weighted by Gasteiger charge is 2.57. The molecular weight excluding hydrogens is 632 g/mol. The Balaban J connectivity index is 1.23. The van der Waals surface area contributed by atoms with Gasteiger partial charge >= 0.3 is 11.0 Å². The molecule has 2 aliphatic heterocycles. The lowest BCUT2D eigenvalue weighted by molar-refractivity contribution is -0.137. The Labute approximate surface area is 259 Å². The summed E-state index contributed by atoms with van der Waals surface area (Å²) in [6.07, 6.45) is -4.66. The van der Waals surface area contributed by atoms with Crippen LogP contribution in [0, 0.1) is 5.92 Å². The Bertz CT molecular complexity index is 2020. The van der Waals surface area contributed by atoms with Gasteiger partial charge < -0.3 is 5.32 Å². The van der Waals surface area contributed by atoms with E-state index >= 15 is 0 Å². The van der Waals surface area contributed by atoms with Gasteiger partial charge in [0.05, 0.1) is 22.2 Å². The van der Waals surface area contributed by atoms with Gasteiger partial charge in [0, 0.05) is 21.4 Å². The highest BCUT2D eigenvalue weighted by atomic mass is 32.2. The lowest BCUT2D eigenvalue weighted by Gasteiger charge is -2.29. The zero-order valence-electron chi connectivity index (χ0n) is 22.4. The topological polar surface area (TPSA) is 88.5 Å². The Hall–Kier alpha value is -4.20. The predicted molar refractivity (Wildman–Crippen MR) is 164 cm³/mol. The Kier molecular flexibility index (Phi) is 6.98. The van der Waals surface area contributed by atoms with Crippen molar-refractivity contribution in [1.82, 2.24) is 4.57 Å². The highest BCUT2D eigenvalue weighted by Crippen LogP contribution is 2.54. The number of alkyl halides is 3. The van der Waals surface area contributed by atoms with E-state index < -0.39 is 51.4 Å². The van der Waals surface area contributed by atoms with Gasteiger partial charge in [-0.05, 0) is 52.6 Å². The summed E-state index contributed by atoms with van der Waals surface area (Å²) in [4.78, 5) is 55.8. The summed E-state index contributed by atoms with van der Waals surface area (Å²) in [5.41, 5.74) is -0.577. The van der Waals surface area contributed by atoms with Crippen molar-refractivity contribution in [1.29, 1.82) is 0 Å². The molecule has 0 spiro atoms. The number of anilines is 2. The van der Waals surface area contributed by atoms with Gasteiger partial charge in [-0.25, -0.2) is 4.90 Å². The molecule has 2 aromatic heterocycles. The molecule has 3 amide bonds. The summed E-state index contributed by atoms with van der Waals surface area (Å²) in [6, 6.07) is 20.9. The van der Waals surface area contributed by atoms with Crippen molar-refractivity contribution in [3.8, 4) is 0 Å². The van der Waals surface area contributed by atoms with E-state index in [4.69, 9.17) is 0 Å². The molecule has 1 saturated heterocycles. The minimum Gasteiger partial charge on any atom is -0.325 e. The SMILES string of the molecule is O=C(Cn1c2c(sc1=O)[C@H](c1cccs1)C1C(=O)N(c3cccc(C(F)(F)F)c3)C(=O)C1S2)Nc1ccc2ccccc2c1. The predicted octanol–water partition coefficient (Wildman–Crippen LogP) is 6.58. The lowest BCUT2D eigenvalue weighted by Crippen LogP contribution is -2.32. The van der Waals surface area contributed by atoms with E-state index in [1.807, 2.05) is 41.8 Å². The minimum atomic E-state index is -4.66. The van der Waals surface area contributed by atoms with Crippen molar-refractivity contribution in [2.45, 2.75) is 28.9 Å². The largest absolute Gasteiger partial charge is 0.416 e. The van der Waals surface area contributed by atoms with Crippen molar-refractivity contribution in [3.05, 3.63) is 109 Å². The molecule has 3 aromatic carbocycles. The van der Waals surface area contributed by atoms with Crippen molar-refractivity contribution < 1.29 is 27.6 Å². The third kappa shape index (κ3) is 4.84. The number of carbonyl (C=O) groups excluding carboxylic acids is 3.